The van der Waals surface area contributed by atoms with Gasteiger partial charge in [0, 0.05) is 16.3 Å². The lowest BCUT2D eigenvalue weighted by atomic mass is 9.84. The van der Waals surface area contributed by atoms with Crippen molar-refractivity contribution in [3.63, 3.8) is 0 Å². The van der Waals surface area contributed by atoms with Gasteiger partial charge in [-0.05, 0) is 56.4 Å². The molecule has 3 atom stereocenters. The van der Waals surface area contributed by atoms with Gasteiger partial charge in [-0.15, -0.1) is 11.3 Å². The molecule has 1 aromatic heterocycles. The summed E-state index contributed by atoms with van der Waals surface area (Å²) in [6.45, 7) is 0. The van der Waals surface area contributed by atoms with Crippen molar-refractivity contribution in [3.8, 4) is 0 Å². The number of amides is 1. The summed E-state index contributed by atoms with van der Waals surface area (Å²) >= 11 is 1.72. The van der Waals surface area contributed by atoms with E-state index in [-0.39, 0.29) is 17.9 Å². The van der Waals surface area contributed by atoms with Crippen LogP contribution in [0.2, 0.25) is 0 Å². The van der Waals surface area contributed by atoms with E-state index in [9.17, 15) is 9.59 Å². The largest absolute Gasteiger partial charge is 0.467 e. The Hall–Kier alpha value is -1.36. The summed E-state index contributed by atoms with van der Waals surface area (Å²) in [5.74, 6) is 0.280. The predicted molar refractivity (Wildman–Crippen MR) is 93.3 cm³/mol. The van der Waals surface area contributed by atoms with Crippen molar-refractivity contribution in [3.05, 3.63) is 21.4 Å². The summed E-state index contributed by atoms with van der Waals surface area (Å²) in [6, 6.07) is -0.177. The molecule has 130 valence electrons. The van der Waals surface area contributed by atoms with Gasteiger partial charge in [-0.25, -0.2) is 4.79 Å². The molecule has 2 heterocycles. The van der Waals surface area contributed by atoms with Gasteiger partial charge in [0.05, 0.1) is 12.7 Å². The standard InChI is InChI=1S/C19H25NO3S/c1-23-19(22)16-10-12-6-2-4-8-15(12)20(16)18(21)14-11-24-17-9-5-3-7-13(14)17/h11-12,15-16H,2-10H2,1H3/t12-,15+,16-/m0/s1. The Morgan fingerprint density at radius 1 is 1.17 bits per heavy atom. The second-order valence-electron chi connectivity index (χ2n) is 7.36. The van der Waals surface area contributed by atoms with E-state index >= 15 is 0 Å². The molecule has 0 unspecified atom stereocenters. The first-order valence-electron chi connectivity index (χ1n) is 9.20. The number of carbonyl (C=O) groups excluding carboxylic acids is 2. The minimum atomic E-state index is -0.394. The summed E-state index contributed by atoms with van der Waals surface area (Å²) in [4.78, 5) is 29.0. The predicted octanol–water partition coefficient (Wildman–Crippen LogP) is 3.57. The van der Waals surface area contributed by atoms with Crippen molar-refractivity contribution in [1.82, 2.24) is 4.90 Å². The Balaban J connectivity index is 1.67. The first-order chi connectivity index (χ1) is 11.7. The van der Waals surface area contributed by atoms with Crippen molar-refractivity contribution in [2.24, 2.45) is 5.92 Å². The van der Waals surface area contributed by atoms with Crippen LogP contribution in [0.4, 0.5) is 0 Å². The second kappa shape index (κ2) is 6.51. The third-order valence-electron chi connectivity index (χ3n) is 6.09. The zero-order chi connectivity index (χ0) is 16.7. The molecule has 0 N–H and O–H groups in total. The summed E-state index contributed by atoms with van der Waals surface area (Å²) in [5.41, 5.74) is 2.11. The Labute approximate surface area is 147 Å². The molecular formula is C19H25NO3S. The zero-order valence-corrected chi connectivity index (χ0v) is 15.1. The first-order valence-corrected chi connectivity index (χ1v) is 10.1. The fourth-order valence-corrected chi connectivity index (χ4v) is 6.03. The third-order valence-corrected chi connectivity index (χ3v) is 7.18. The molecule has 0 spiro atoms. The number of hydrogen-bond acceptors (Lipinski definition) is 4. The molecule has 5 heteroatoms. The van der Waals surface area contributed by atoms with Crippen LogP contribution in [0.25, 0.3) is 0 Å². The molecule has 0 aromatic carbocycles. The van der Waals surface area contributed by atoms with Gasteiger partial charge >= 0.3 is 5.97 Å². The van der Waals surface area contributed by atoms with E-state index in [2.05, 4.69) is 0 Å². The monoisotopic (exact) mass is 347 g/mol. The average molecular weight is 347 g/mol. The summed E-state index contributed by atoms with van der Waals surface area (Å²) in [6.07, 6.45) is 9.78. The molecule has 1 aliphatic heterocycles. The lowest BCUT2D eigenvalue weighted by Crippen LogP contribution is -2.46. The van der Waals surface area contributed by atoms with Crippen LogP contribution >= 0.6 is 11.3 Å². The number of aryl methyl sites for hydroxylation is 1. The summed E-state index contributed by atoms with van der Waals surface area (Å²) in [7, 11) is 1.43. The number of esters is 1. The molecule has 24 heavy (non-hydrogen) atoms. The van der Waals surface area contributed by atoms with E-state index in [1.54, 1.807) is 11.3 Å². The molecule has 1 saturated carbocycles. The number of rotatable bonds is 2. The second-order valence-corrected chi connectivity index (χ2v) is 8.32. The van der Waals surface area contributed by atoms with E-state index in [0.717, 1.165) is 50.5 Å². The van der Waals surface area contributed by atoms with Crippen LogP contribution in [0.1, 0.15) is 65.7 Å². The van der Waals surface area contributed by atoms with Gasteiger partial charge in [-0.1, -0.05) is 12.8 Å². The van der Waals surface area contributed by atoms with Gasteiger partial charge < -0.3 is 9.64 Å². The SMILES string of the molecule is COC(=O)[C@@H]1C[C@@H]2CCCC[C@H]2N1C(=O)c1csc2c1CCCC2. The lowest BCUT2D eigenvalue weighted by molar-refractivity contribution is -0.145. The summed E-state index contributed by atoms with van der Waals surface area (Å²) in [5, 5.41) is 2.03. The number of nitrogens with zero attached hydrogens (tertiary/aromatic N) is 1. The smallest absolute Gasteiger partial charge is 0.328 e. The number of carbonyl (C=O) groups is 2. The van der Waals surface area contributed by atoms with Gasteiger partial charge in [0.2, 0.25) is 0 Å². The molecule has 1 aromatic rings. The molecule has 2 fully saturated rings. The van der Waals surface area contributed by atoms with Crippen LogP contribution in [-0.4, -0.2) is 36.0 Å². The molecule has 2 aliphatic carbocycles. The quantitative estimate of drug-likeness (QED) is 0.768. The molecular weight excluding hydrogens is 322 g/mol. The van der Waals surface area contributed by atoms with E-state index in [0.29, 0.717) is 5.92 Å². The maximum Gasteiger partial charge on any atom is 0.328 e. The first kappa shape index (κ1) is 16.1. The van der Waals surface area contributed by atoms with Crippen molar-refractivity contribution in [2.45, 2.75) is 69.9 Å². The van der Waals surface area contributed by atoms with Gasteiger partial charge in [-0.3, -0.25) is 4.79 Å². The highest BCUT2D eigenvalue weighted by Gasteiger charge is 2.48. The lowest BCUT2D eigenvalue weighted by Gasteiger charge is -2.33. The zero-order valence-electron chi connectivity index (χ0n) is 14.3. The van der Waals surface area contributed by atoms with Crippen LogP contribution in [0.3, 0.4) is 0 Å². The van der Waals surface area contributed by atoms with Crippen molar-refractivity contribution < 1.29 is 14.3 Å². The van der Waals surface area contributed by atoms with Gasteiger partial charge in [0.15, 0.2) is 0 Å². The highest BCUT2D eigenvalue weighted by Crippen LogP contribution is 2.42. The fourth-order valence-electron chi connectivity index (χ4n) is 4.91. The number of hydrogen-bond donors (Lipinski definition) is 0. The Kier molecular flexibility index (Phi) is 4.37. The van der Waals surface area contributed by atoms with E-state index in [1.807, 2.05) is 10.3 Å². The van der Waals surface area contributed by atoms with Crippen molar-refractivity contribution in [1.29, 1.82) is 0 Å². The summed E-state index contributed by atoms with van der Waals surface area (Å²) < 4.78 is 5.02. The van der Waals surface area contributed by atoms with E-state index in [4.69, 9.17) is 4.74 Å². The fraction of sp³-hybridized carbons (Fsp3) is 0.684. The highest BCUT2D eigenvalue weighted by atomic mass is 32.1. The molecule has 0 bridgehead atoms. The Bertz CT molecular complexity index is 653. The van der Waals surface area contributed by atoms with Gasteiger partial charge in [-0.2, -0.15) is 0 Å². The van der Waals surface area contributed by atoms with Crippen molar-refractivity contribution in [2.75, 3.05) is 7.11 Å². The minimum absolute atomic E-state index is 0.0687. The maximum absolute atomic E-state index is 13.4. The van der Waals surface area contributed by atoms with Gasteiger partial charge in [0.1, 0.15) is 6.04 Å². The van der Waals surface area contributed by atoms with Crippen LogP contribution in [-0.2, 0) is 22.4 Å². The van der Waals surface area contributed by atoms with Gasteiger partial charge in [0.25, 0.3) is 5.91 Å². The molecule has 1 saturated heterocycles. The number of ether oxygens (including phenoxy) is 1. The minimum Gasteiger partial charge on any atom is -0.467 e. The molecule has 4 rings (SSSR count). The van der Waals surface area contributed by atoms with Crippen LogP contribution in [0, 0.1) is 5.92 Å². The number of methoxy groups -OCH3 is 1. The Morgan fingerprint density at radius 2 is 1.96 bits per heavy atom. The Morgan fingerprint density at radius 3 is 2.79 bits per heavy atom. The number of thiophene rings is 1. The van der Waals surface area contributed by atoms with Crippen molar-refractivity contribution >= 4 is 23.2 Å². The van der Waals surface area contributed by atoms with Crippen LogP contribution in [0.5, 0.6) is 0 Å². The van der Waals surface area contributed by atoms with Crippen LogP contribution in [0.15, 0.2) is 5.38 Å². The number of fused-ring (bicyclic) bond motifs is 2. The maximum atomic E-state index is 13.4. The average Bonchev–Trinajstić information content (AvgIpc) is 3.22. The van der Waals surface area contributed by atoms with E-state index in [1.165, 1.54) is 30.4 Å². The molecule has 0 radical (unpaired) electrons. The van der Waals surface area contributed by atoms with E-state index < -0.39 is 6.04 Å². The molecule has 4 nitrogen and oxygen atoms in total. The highest BCUT2D eigenvalue weighted by molar-refractivity contribution is 7.10. The molecule has 3 aliphatic rings. The molecule has 1 amide bonds. The normalized spacial score (nSPS) is 29.0. The number of likely N-dealkylation sites (tertiary alicyclic amines) is 1. The third kappa shape index (κ3) is 2.57. The van der Waals surface area contributed by atoms with Crippen LogP contribution < -0.4 is 0 Å². The topological polar surface area (TPSA) is 46.6 Å².